The number of nitrogens with one attached hydrogen (secondary N) is 1. The van der Waals surface area contributed by atoms with Crippen molar-refractivity contribution in [3.05, 3.63) is 22.7 Å². The monoisotopic (exact) mass is 213 g/mol. The normalized spacial score (nSPS) is 14.2. The number of benzene rings is 1. The van der Waals surface area contributed by atoms with E-state index in [1.54, 1.807) is 11.8 Å². The quantitative estimate of drug-likeness (QED) is 0.727. The van der Waals surface area contributed by atoms with Gasteiger partial charge in [0.2, 0.25) is 5.91 Å². The largest absolute Gasteiger partial charge is 0.325 e. The fourth-order valence-electron chi connectivity index (χ4n) is 1.38. The van der Waals surface area contributed by atoms with Crippen LogP contribution in [0.25, 0.3) is 0 Å². The summed E-state index contributed by atoms with van der Waals surface area (Å²) >= 11 is 7.58. The summed E-state index contributed by atoms with van der Waals surface area (Å²) in [6.45, 7) is 0. The van der Waals surface area contributed by atoms with Gasteiger partial charge in [-0.15, -0.1) is 11.8 Å². The van der Waals surface area contributed by atoms with Gasteiger partial charge < -0.3 is 5.32 Å². The molecule has 0 atom stereocenters. The zero-order chi connectivity index (χ0) is 9.42. The van der Waals surface area contributed by atoms with Crippen molar-refractivity contribution in [3.8, 4) is 0 Å². The van der Waals surface area contributed by atoms with Gasteiger partial charge in [-0.3, -0.25) is 4.79 Å². The van der Waals surface area contributed by atoms with Gasteiger partial charge in [0.1, 0.15) is 0 Å². The highest BCUT2D eigenvalue weighted by Gasteiger charge is 2.18. The van der Waals surface area contributed by atoms with E-state index in [1.165, 1.54) is 0 Å². The van der Waals surface area contributed by atoms with Crippen LogP contribution in [0.4, 0.5) is 5.69 Å². The highest BCUT2D eigenvalue weighted by Crippen LogP contribution is 2.33. The van der Waals surface area contributed by atoms with Gasteiger partial charge in [0.25, 0.3) is 0 Å². The lowest BCUT2D eigenvalue weighted by Gasteiger charge is -2.03. The molecule has 1 amide bonds. The molecule has 4 heteroatoms. The van der Waals surface area contributed by atoms with E-state index in [9.17, 15) is 4.79 Å². The van der Waals surface area contributed by atoms with Gasteiger partial charge in [-0.25, -0.2) is 0 Å². The molecule has 0 unspecified atom stereocenters. The van der Waals surface area contributed by atoms with Crippen LogP contribution in [0.3, 0.4) is 0 Å². The zero-order valence-corrected chi connectivity index (χ0v) is 8.63. The molecule has 0 saturated carbocycles. The Hall–Kier alpha value is -0.670. The number of amides is 1. The first-order valence-corrected chi connectivity index (χ1v) is 5.47. The van der Waals surface area contributed by atoms with Crippen molar-refractivity contribution in [2.45, 2.75) is 11.3 Å². The van der Waals surface area contributed by atoms with Crippen molar-refractivity contribution in [1.82, 2.24) is 0 Å². The predicted molar refractivity (Wildman–Crippen MR) is 55.6 cm³/mol. The van der Waals surface area contributed by atoms with Gasteiger partial charge >= 0.3 is 0 Å². The minimum absolute atomic E-state index is 0.0457. The third-order valence-corrected chi connectivity index (χ3v) is 3.21. The molecule has 13 heavy (non-hydrogen) atoms. The fourth-order valence-corrected chi connectivity index (χ4v) is 2.29. The Kier molecular flexibility index (Phi) is 2.22. The first kappa shape index (κ1) is 8.91. The van der Waals surface area contributed by atoms with Gasteiger partial charge in [-0.1, -0.05) is 11.6 Å². The second kappa shape index (κ2) is 3.24. The van der Waals surface area contributed by atoms with Crippen LogP contribution in [0.2, 0.25) is 5.02 Å². The first-order valence-electron chi connectivity index (χ1n) is 3.87. The van der Waals surface area contributed by atoms with Crippen molar-refractivity contribution in [2.24, 2.45) is 0 Å². The van der Waals surface area contributed by atoms with Crippen LogP contribution >= 0.6 is 23.4 Å². The molecular weight excluding hydrogens is 206 g/mol. The maximum Gasteiger partial charge on any atom is 0.228 e. The minimum atomic E-state index is 0.0457. The summed E-state index contributed by atoms with van der Waals surface area (Å²) in [4.78, 5) is 12.1. The van der Waals surface area contributed by atoms with Crippen LogP contribution < -0.4 is 5.32 Å². The molecule has 1 aliphatic rings. The van der Waals surface area contributed by atoms with Crippen LogP contribution in [0, 0.1) is 0 Å². The number of thioether (sulfide) groups is 1. The minimum Gasteiger partial charge on any atom is -0.325 e. The van der Waals surface area contributed by atoms with Crippen LogP contribution in [0.5, 0.6) is 0 Å². The van der Waals surface area contributed by atoms with E-state index in [0.717, 1.165) is 16.1 Å². The Morgan fingerprint density at radius 2 is 2.31 bits per heavy atom. The van der Waals surface area contributed by atoms with Crippen molar-refractivity contribution in [2.75, 3.05) is 11.6 Å². The molecule has 0 spiro atoms. The number of carbonyl (C=O) groups is 1. The van der Waals surface area contributed by atoms with Gasteiger partial charge in [0, 0.05) is 10.6 Å². The van der Waals surface area contributed by atoms with E-state index in [4.69, 9.17) is 11.6 Å². The summed E-state index contributed by atoms with van der Waals surface area (Å²) < 4.78 is 0. The van der Waals surface area contributed by atoms with Gasteiger partial charge in [0.15, 0.2) is 0 Å². The smallest absolute Gasteiger partial charge is 0.228 e. The lowest BCUT2D eigenvalue weighted by atomic mass is 10.2. The molecular formula is C9H8ClNOS. The Balaban J connectivity index is 2.50. The topological polar surface area (TPSA) is 29.1 Å². The summed E-state index contributed by atoms with van der Waals surface area (Å²) in [6, 6.07) is 3.79. The van der Waals surface area contributed by atoms with E-state index in [0.29, 0.717) is 11.4 Å². The molecule has 0 saturated heterocycles. The zero-order valence-electron chi connectivity index (χ0n) is 7.06. The van der Waals surface area contributed by atoms with Gasteiger partial charge in [-0.05, 0) is 24.0 Å². The lowest BCUT2D eigenvalue weighted by molar-refractivity contribution is -0.115. The molecule has 1 aromatic rings. The molecule has 1 aliphatic heterocycles. The fraction of sp³-hybridized carbons (Fsp3) is 0.222. The summed E-state index contributed by atoms with van der Waals surface area (Å²) in [5.41, 5.74) is 1.89. The third kappa shape index (κ3) is 1.54. The molecule has 1 heterocycles. The van der Waals surface area contributed by atoms with Gasteiger partial charge in [0.05, 0.1) is 11.4 Å². The average molecular weight is 214 g/mol. The van der Waals surface area contributed by atoms with Gasteiger partial charge in [-0.2, -0.15) is 0 Å². The highest BCUT2D eigenvalue weighted by molar-refractivity contribution is 7.98. The molecule has 0 aromatic heterocycles. The number of rotatable bonds is 1. The summed E-state index contributed by atoms with van der Waals surface area (Å²) in [6.07, 6.45) is 2.44. The summed E-state index contributed by atoms with van der Waals surface area (Å²) in [5.74, 6) is 0.0457. The molecule has 0 bridgehead atoms. The summed E-state index contributed by atoms with van der Waals surface area (Å²) in [7, 11) is 0. The van der Waals surface area contributed by atoms with E-state index in [-0.39, 0.29) is 5.91 Å². The molecule has 2 nitrogen and oxygen atoms in total. The second-order valence-electron chi connectivity index (χ2n) is 2.87. The molecule has 0 aliphatic carbocycles. The molecule has 0 radical (unpaired) electrons. The number of hydrogen-bond donors (Lipinski definition) is 1. The maximum absolute atomic E-state index is 11.0. The first-order chi connectivity index (χ1) is 6.20. The van der Waals surface area contributed by atoms with Crippen molar-refractivity contribution in [3.63, 3.8) is 0 Å². The van der Waals surface area contributed by atoms with Crippen LogP contribution in [0.15, 0.2) is 17.0 Å². The van der Waals surface area contributed by atoms with Crippen LogP contribution in [-0.2, 0) is 11.2 Å². The number of hydrogen-bond acceptors (Lipinski definition) is 2. The SMILES string of the molecule is CSc1cc2c(cc1Cl)NC(=O)C2. The molecule has 0 fully saturated rings. The maximum atomic E-state index is 11.0. The average Bonchev–Trinajstić information content (AvgIpc) is 2.42. The number of fused-ring (bicyclic) bond motifs is 1. The van der Waals surface area contributed by atoms with Crippen LogP contribution in [0.1, 0.15) is 5.56 Å². The Morgan fingerprint density at radius 1 is 1.54 bits per heavy atom. The Bertz CT molecular complexity index is 378. The standard InChI is InChI=1S/C9H8ClNOS/c1-13-8-2-5-3-9(12)11-7(5)4-6(8)10/h2,4H,3H2,1H3,(H,11,12). The number of halogens is 1. The number of carbonyl (C=O) groups excluding carboxylic acids is 1. The summed E-state index contributed by atoms with van der Waals surface area (Å²) in [5, 5.41) is 3.46. The van der Waals surface area contributed by atoms with Crippen molar-refractivity contribution < 1.29 is 4.79 Å². The van der Waals surface area contributed by atoms with E-state index >= 15 is 0 Å². The van der Waals surface area contributed by atoms with E-state index < -0.39 is 0 Å². The lowest BCUT2D eigenvalue weighted by Crippen LogP contribution is -2.03. The number of anilines is 1. The Labute approximate surface area is 85.7 Å². The molecule has 1 N–H and O–H groups in total. The van der Waals surface area contributed by atoms with Crippen molar-refractivity contribution >= 4 is 35.0 Å². The van der Waals surface area contributed by atoms with Crippen LogP contribution in [-0.4, -0.2) is 12.2 Å². The molecule has 68 valence electrons. The highest BCUT2D eigenvalue weighted by atomic mass is 35.5. The molecule has 1 aromatic carbocycles. The Morgan fingerprint density at radius 3 is 3.00 bits per heavy atom. The second-order valence-corrected chi connectivity index (χ2v) is 4.12. The van der Waals surface area contributed by atoms with E-state index in [2.05, 4.69) is 5.32 Å². The van der Waals surface area contributed by atoms with E-state index in [1.807, 2.05) is 18.4 Å². The molecule has 2 rings (SSSR count). The van der Waals surface area contributed by atoms with Crippen molar-refractivity contribution in [1.29, 1.82) is 0 Å². The third-order valence-electron chi connectivity index (χ3n) is 2.00. The predicted octanol–water partition coefficient (Wildman–Crippen LogP) is 2.56.